The van der Waals surface area contributed by atoms with Crippen molar-refractivity contribution in [3.05, 3.63) is 29.4 Å². The van der Waals surface area contributed by atoms with Crippen LogP contribution < -0.4 is 0 Å². The number of nitrogens with zero attached hydrogens (tertiary/aromatic N) is 2. The van der Waals surface area contributed by atoms with Gasteiger partial charge in [0.25, 0.3) is 0 Å². The van der Waals surface area contributed by atoms with Gasteiger partial charge in [-0.1, -0.05) is 12.2 Å². The van der Waals surface area contributed by atoms with Gasteiger partial charge in [-0.3, -0.25) is 9.36 Å². The van der Waals surface area contributed by atoms with Gasteiger partial charge in [0, 0.05) is 6.20 Å². The van der Waals surface area contributed by atoms with Crippen molar-refractivity contribution < 1.29 is 4.79 Å². The number of rotatable bonds is 1. The van der Waals surface area contributed by atoms with Crippen LogP contribution in [0.1, 0.15) is 28.4 Å². The summed E-state index contributed by atoms with van der Waals surface area (Å²) in [6.07, 6.45) is 9.58. The van der Waals surface area contributed by atoms with E-state index in [0.29, 0.717) is 5.69 Å². The van der Waals surface area contributed by atoms with E-state index in [1.54, 1.807) is 0 Å². The molecule has 66 valence electrons. The zero-order valence-electron chi connectivity index (χ0n) is 7.40. The summed E-state index contributed by atoms with van der Waals surface area (Å²) < 4.78 is 1.81. The van der Waals surface area contributed by atoms with E-state index >= 15 is 0 Å². The molecule has 0 aliphatic carbocycles. The zero-order valence-corrected chi connectivity index (χ0v) is 7.40. The number of aryl methyl sites for hydroxylation is 1. The van der Waals surface area contributed by atoms with Gasteiger partial charge in [-0.2, -0.15) is 0 Å². The molecule has 0 N–H and O–H groups in total. The summed E-state index contributed by atoms with van der Waals surface area (Å²) in [5, 5.41) is 0. The first-order valence-corrected chi connectivity index (χ1v) is 4.20. The molecule has 3 nitrogen and oxygen atoms in total. The standard InChI is InChI=1S/C10H10N2O/c1-8-9(7-13)12-6-4-2-3-5-10(12)11-8/h3-7H,2H2,1H3. The summed E-state index contributed by atoms with van der Waals surface area (Å²) in [4.78, 5) is 15.0. The summed E-state index contributed by atoms with van der Waals surface area (Å²) in [5.74, 6) is 0.827. The summed E-state index contributed by atoms with van der Waals surface area (Å²) in [6, 6.07) is 0. The number of aromatic nitrogens is 2. The van der Waals surface area contributed by atoms with E-state index in [2.05, 4.69) is 4.98 Å². The average molecular weight is 174 g/mol. The SMILES string of the molecule is Cc1nc2n(c1C=O)C=CCC=C2. The van der Waals surface area contributed by atoms with Crippen LogP contribution in [0, 0.1) is 6.92 Å². The minimum Gasteiger partial charge on any atom is -0.297 e. The molecular formula is C10H10N2O. The van der Waals surface area contributed by atoms with E-state index in [-0.39, 0.29) is 0 Å². The molecule has 0 unspecified atom stereocenters. The number of hydrogen-bond acceptors (Lipinski definition) is 2. The summed E-state index contributed by atoms with van der Waals surface area (Å²) in [7, 11) is 0. The van der Waals surface area contributed by atoms with Crippen LogP contribution in [0.5, 0.6) is 0 Å². The highest BCUT2D eigenvalue weighted by molar-refractivity contribution is 5.77. The van der Waals surface area contributed by atoms with Crippen LogP contribution in [0.15, 0.2) is 12.2 Å². The lowest BCUT2D eigenvalue weighted by Gasteiger charge is -1.96. The van der Waals surface area contributed by atoms with E-state index in [1.165, 1.54) is 0 Å². The molecule has 0 saturated carbocycles. The molecule has 2 heterocycles. The molecule has 2 rings (SSSR count). The van der Waals surface area contributed by atoms with Gasteiger partial charge in [0.15, 0.2) is 6.29 Å². The Labute approximate surface area is 76.4 Å². The second-order valence-corrected chi connectivity index (χ2v) is 2.95. The molecule has 13 heavy (non-hydrogen) atoms. The molecule has 0 aromatic carbocycles. The van der Waals surface area contributed by atoms with Gasteiger partial charge in [-0.05, 0) is 19.4 Å². The van der Waals surface area contributed by atoms with Crippen LogP contribution >= 0.6 is 0 Å². The molecule has 0 atom stereocenters. The fourth-order valence-electron chi connectivity index (χ4n) is 1.42. The number of aldehydes is 1. The first-order chi connectivity index (χ1) is 6.33. The first-order valence-electron chi connectivity index (χ1n) is 4.20. The minimum absolute atomic E-state index is 0.637. The van der Waals surface area contributed by atoms with Gasteiger partial charge in [-0.25, -0.2) is 4.98 Å². The topological polar surface area (TPSA) is 34.9 Å². The molecular weight excluding hydrogens is 164 g/mol. The molecule has 1 aromatic heterocycles. The number of fused-ring (bicyclic) bond motifs is 1. The lowest BCUT2D eigenvalue weighted by molar-refractivity contribution is 0.111. The number of carbonyl (C=O) groups is 1. The van der Waals surface area contributed by atoms with E-state index < -0.39 is 0 Å². The smallest absolute Gasteiger partial charge is 0.168 e. The fraction of sp³-hybridized carbons (Fsp3) is 0.200. The molecule has 0 saturated heterocycles. The summed E-state index contributed by atoms with van der Waals surface area (Å²) in [6.45, 7) is 1.84. The maximum Gasteiger partial charge on any atom is 0.168 e. The van der Waals surface area contributed by atoms with Crippen molar-refractivity contribution >= 4 is 18.6 Å². The largest absolute Gasteiger partial charge is 0.297 e. The number of carbonyl (C=O) groups excluding carboxylic acids is 1. The van der Waals surface area contributed by atoms with E-state index in [0.717, 1.165) is 24.2 Å². The van der Waals surface area contributed by atoms with Crippen LogP contribution in [0.4, 0.5) is 0 Å². The average Bonchev–Trinajstić information content (AvgIpc) is 2.32. The van der Waals surface area contributed by atoms with Crippen LogP contribution in [-0.4, -0.2) is 15.8 Å². The normalized spacial score (nSPS) is 13.9. The monoisotopic (exact) mass is 174 g/mol. The highest BCUT2D eigenvalue weighted by atomic mass is 16.1. The summed E-state index contributed by atoms with van der Waals surface area (Å²) >= 11 is 0. The fourth-order valence-corrected chi connectivity index (χ4v) is 1.42. The molecule has 1 aliphatic heterocycles. The Kier molecular flexibility index (Phi) is 1.85. The molecule has 0 radical (unpaired) electrons. The molecule has 0 fully saturated rings. The maximum atomic E-state index is 10.8. The van der Waals surface area contributed by atoms with Gasteiger partial charge in [0.05, 0.1) is 5.69 Å². The Bertz CT molecular complexity index is 399. The van der Waals surface area contributed by atoms with E-state index in [1.807, 2.05) is 35.9 Å². The van der Waals surface area contributed by atoms with Crippen LogP contribution in [0.3, 0.4) is 0 Å². The summed E-state index contributed by atoms with van der Waals surface area (Å²) in [5.41, 5.74) is 1.42. The van der Waals surface area contributed by atoms with Crippen molar-refractivity contribution in [1.82, 2.24) is 9.55 Å². The third kappa shape index (κ3) is 1.22. The third-order valence-electron chi connectivity index (χ3n) is 2.06. The lowest BCUT2D eigenvalue weighted by Crippen LogP contribution is -1.95. The Morgan fingerprint density at radius 3 is 3.15 bits per heavy atom. The lowest BCUT2D eigenvalue weighted by atomic mass is 10.3. The maximum absolute atomic E-state index is 10.8. The second kappa shape index (κ2) is 3.01. The van der Waals surface area contributed by atoms with Crippen LogP contribution in [0.25, 0.3) is 12.3 Å². The van der Waals surface area contributed by atoms with Gasteiger partial charge >= 0.3 is 0 Å². The Balaban J connectivity index is 2.67. The Hall–Kier alpha value is -1.64. The van der Waals surface area contributed by atoms with Crippen molar-refractivity contribution in [2.75, 3.05) is 0 Å². The van der Waals surface area contributed by atoms with Gasteiger partial charge in [0.2, 0.25) is 0 Å². The van der Waals surface area contributed by atoms with Crippen LogP contribution in [-0.2, 0) is 0 Å². The first kappa shape index (κ1) is 7.98. The third-order valence-corrected chi connectivity index (χ3v) is 2.06. The molecule has 1 aliphatic rings. The molecule has 0 amide bonds. The van der Waals surface area contributed by atoms with Crippen molar-refractivity contribution in [3.63, 3.8) is 0 Å². The molecule has 0 bridgehead atoms. The molecule has 0 spiro atoms. The second-order valence-electron chi connectivity index (χ2n) is 2.95. The van der Waals surface area contributed by atoms with E-state index in [4.69, 9.17) is 0 Å². The minimum atomic E-state index is 0.637. The molecule has 1 aromatic rings. The van der Waals surface area contributed by atoms with E-state index in [9.17, 15) is 4.79 Å². The predicted molar refractivity (Wildman–Crippen MR) is 51.3 cm³/mol. The number of imidazole rings is 1. The molecule has 3 heteroatoms. The van der Waals surface area contributed by atoms with Crippen LogP contribution in [0.2, 0.25) is 0 Å². The Morgan fingerprint density at radius 2 is 2.38 bits per heavy atom. The quantitative estimate of drug-likeness (QED) is 0.609. The van der Waals surface area contributed by atoms with Crippen molar-refractivity contribution in [2.45, 2.75) is 13.3 Å². The van der Waals surface area contributed by atoms with Gasteiger partial charge in [0.1, 0.15) is 11.5 Å². The van der Waals surface area contributed by atoms with Crippen molar-refractivity contribution in [3.8, 4) is 0 Å². The Morgan fingerprint density at radius 1 is 1.54 bits per heavy atom. The predicted octanol–water partition coefficient (Wildman–Crippen LogP) is 1.89. The van der Waals surface area contributed by atoms with Crippen molar-refractivity contribution in [2.24, 2.45) is 0 Å². The van der Waals surface area contributed by atoms with Gasteiger partial charge in [-0.15, -0.1) is 0 Å². The highest BCUT2D eigenvalue weighted by Gasteiger charge is 2.10. The highest BCUT2D eigenvalue weighted by Crippen LogP contribution is 2.14. The van der Waals surface area contributed by atoms with Gasteiger partial charge < -0.3 is 0 Å². The number of hydrogen-bond donors (Lipinski definition) is 0. The van der Waals surface area contributed by atoms with Crippen molar-refractivity contribution in [1.29, 1.82) is 0 Å². The zero-order chi connectivity index (χ0) is 9.26. The number of allylic oxidation sites excluding steroid dienone is 2.